The third-order valence-corrected chi connectivity index (χ3v) is 6.37. The normalized spacial score (nSPS) is 17.9. The molecule has 3 aromatic rings. The van der Waals surface area contributed by atoms with Gasteiger partial charge in [0.15, 0.2) is 0 Å². The smallest absolute Gasteiger partial charge is 0.246 e. The minimum Gasteiger partial charge on any atom is -0.378 e. The molecule has 0 aliphatic carbocycles. The van der Waals surface area contributed by atoms with E-state index in [1.165, 1.54) is 11.3 Å². The second kappa shape index (κ2) is 8.56. The van der Waals surface area contributed by atoms with Crippen molar-refractivity contribution in [2.24, 2.45) is 0 Å². The van der Waals surface area contributed by atoms with Crippen molar-refractivity contribution in [2.75, 3.05) is 49.6 Å². The van der Waals surface area contributed by atoms with Gasteiger partial charge in [-0.25, -0.2) is 4.68 Å². The van der Waals surface area contributed by atoms with Crippen LogP contribution in [0.4, 0.5) is 17.3 Å². The fraction of sp³-hybridized carbons (Fsp3) is 0.440. The zero-order chi connectivity index (χ0) is 22.1. The molecular formula is C25H34N6O. The molecule has 2 saturated heterocycles. The largest absolute Gasteiger partial charge is 0.378 e. The quantitative estimate of drug-likeness (QED) is 0.653. The Kier molecular flexibility index (Phi) is 5.61. The number of hydrogen-bond donors (Lipinski definition) is 1. The standard InChI is InChI=1S/C25H32N6O.H2/c1-25(2,3)19-13-20(27-24-26-18-31(28-24)21-7-5-4-6-8-21)15-22(14-19)29-9-11-30(12-10-29)23-16-32-17-23;/h4-8,13-15,18,23H,9-12,16-17H2,1-3H3,(H,27,28);1H. The molecule has 0 unspecified atom stereocenters. The summed E-state index contributed by atoms with van der Waals surface area (Å²) in [4.78, 5) is 9.53. The second-order valence-electron chi connectivity index (χ2n) is 9.71. The molecule has 2 aliphatic heterocycles. The number of aromatic nitrogens is 3. The van der Waals surface area contributed by atoms with E-state index >= 15 is 0 Å². The third-order valence-electron chi connectivity index (χ3n) is 6.37. The minimum absolute atomic E-state index is 0. The topological polar surface area (TPSA) is 58.5 Å². The van der Waals surface area contributed by atoms with Gasteiger partial charge in [-0.2, -0.15) is 4.98 Å². The Labute approximate surface area is 191 Å². The van der Waals surface area contributed by atoms with Crippen LogP contribution in [-0.4, -0.2) is 65.1 Å². The minimum atomic E-state index is 0. The van der Waals surface area contributed by atoms with Gasteiger partial charge in [-0.05, 0) is 41.3 Å². The summed E-state index contributed by atoms with van der Waals surface area (Å²) in [5, 5.41) is 8.05. The molecule has 3 heterocycles. The maximum absolute atomic E-state index is 5.38. The number of nitrogens with one attached hydrogen (secondary N) is 1. The fourth-order valence-corrected chi connectivity index (χ4v) is 4.23. The van der Waals surface area contributed by atoms with Crippen molar-refractivity contribution in [3.63, 3.8) is 0 Å². The average Bonchev–Trinajstić information content (AvgIpc) is 3.21. The van der Waals surface area contributed by atoms with Gasteiger partial charge in [0.1, 0.15) is 6.33 Å². The predicted octanol–water partition coefficient (Wildman–Crippen LogP) is 4.08. The number of nitrogens with zero attached hydrogens (tertiary/aromatic N) is 5. The highest BCUT2D eigenvalue weighted by molar-refractivity contribution is 5.65. The van der Waals surface area contributed by atoms with Gasteiger partial charge in [0.25, 0.3) is 0 Å². The third kappa shape index (κ3) is 4.49. The van der Waals surface area contributed by atoms with Crippen LogP contribution in [0.25, 0.3) is 5.69 Å². The lowest BCUT2D eigenvalue weighted by Gasteiger charge is -2.43. The summed E-state index contributed by atoms with van der Waals surface area (Å²) in [7, 11) is 0. The first-order chi connectivity index (χ1) is 15.5. The molecule has 2 fully saturated rings. The van der Waals surface area contributed by atoms with Crippen molar-refractivity contribution >= 4 is 17.3 Å². The molecule has 2 aromatic carbocycles. The molecule has 1 aromatic heterocycles. The maximum Gasteiger partial charge on any atom is 0.246 e. The summed E-state index contributed by atoms with van der Waals surface area (Å²) in [5.41, 5.74) is 4.62. The van der Waals surface area contributed by atoms with Crippen LogP contribution in [0.3, 0.4) is 0 Å². The van der Waals surface area contributed by atoms with Crippen molar-refractivity contribution in [2.45, 2.75) is 32.2 Å². The molecular weight excluding hydrogens is 400 g/mol. The molecule has 0 radical (unpaired) electrons. The molecule has 0 bridgehead atoms. The summed E-state index contributed by atoms with van der Waals surface area (Å²) in [6.45, 7) is 12.8. The Morgan fingerprint density at radius 3 is 2.38 bits per heavy atom. The molecule has 1 N–H and O–H groups in total. The zero-order valence-electron chi connectivity index (χ0n) is 19.2. The van der Waals surface area contributed by atoms with E-state index in [4.69, 9.17) is 4.74 Å². The summed E-state index contributed by atoms with van der Waals surface area (Å²) in [6, 6.07) is 17.4. The highest BCUT2D eigenvalue weighted by atomic mass is 16.5. The lowest BCUT2D eigenvalue weighted by Crippen LogP contribution is -2.56. The monoisotopic (exact) mass is 434 g/mol. The number of rotatable bonds is 5. The molecule has 7 nitrogen and oxygen atoms in total. The van der Waals surface area contributed by atoms with Gasteiger partial charge in [-0.15, -0.1) is 5.10 Å². The van der Waals surface area contributed by atoms with Crippen LogP contribution >= 0.6 is 0 Å². The van der Waals surface area contributed by atoms with Gasteiger partial charge >= 0.3 is 0 Å². The Hall–Kier alpha value is -2.90. The summed E-state index contributed by atoms with van der Waals surface area (Å²) >= 11 is 0. The van der Waals surface area contributed by atoms with Crippen LogP contribution in [-0.2, 0) is 10.2 Å². The molecule has 170 valence electrons. The van der Waals surface area contributed by atoms with Crippen molar-refractivity contribution < 1.29 is 6.16 Å². The highest BCUT2D eigenvalue weighted by Crippen LogP contribution is 2.32. The van der Waals surface area contributed by atoms with Gasteiger partial charge in [-0.1, -0.05) is 39.0 Å². The van der Waals surface area contributed by atoms with Gasteiger partial charge in [0.05, 0.1) is 24.9 Å². The van der Waals surface area contributed by atoms with Gasteiger partial charge in [0.2, 0.25) is 5.95 Å². The molecule has 0 amide bonds. The number of benzene rings is 2. The van der Waals surface area contributed by atoms with E-state index in [9.17, 15) is 0 Å². The first-order valence-electron chi connectivity index (χ1n) is 11.4. The van der Waals surface area contributed by atoms with Crippen LogP contribution in [0.2, 0.25) is 0 Å². The van der Waals surface area contributed by atoms with Crippen LogP contribution in [0.5, 0.6) is 0 Å². The molecule has 2 aliphatic rings. The van der Waals surface area contributed by atoms with Crippen LogP contribution in [0.15, 0.2) is 54.9 Å². The van der Waals surface area contributed by atoms with E-state index in [1.54, 1.807) is 11.0 Å². The van der Waals surface area contributed by atoms with E-state index < -0.39 is 0 Å². The van der Waals surface area contributed by atoms with Crippen molar-refractivity contribution in [3.05, 3.63) is 60.4 Å². The van der Waals surface area contributed by atoms with Crippen LogP contribution in [0, 0.1) is 0 Å². The number of piperazine rings is 1. The van der Waals surface area contributed by atoms with E-state index in [0.29, 0.717) is 12.0 Å². The fourth-order valence-electron chi connectivity index (χ4n) is 4.23. The summed E-state index contributed by atoms with van der Waals surface area (Å²) in [5.74, 6) is 0.598. The van der Waals surface area contributed by atoms with Gasteiger partial charge in [-0.3, -0.25) is 4.90 Å². The Bertz CT molecular complexity index is 1050. The zero-order valence-corrected chi connectivity index (χ0v) is 19.2. The Morgan fingerprint density at radius 1 is 0.969 bits per heavy atom. The lowest BCUT2D eigenvalue weighted by molar-refractivity contribution is -0.0660. The molecule has 7 heteroatoms. The molecule has 0 spiro atoms. The van der Waals surface area contributed by atoms with Gasteiger partial charge in [0, 0.05) is 39.0 Å². The molecule has 32 heavy (non-hydrogen) atoms. The highest BCUT2D eigenvalue weighted by Gasteiger charge is 2.29. The number of anilines is 3. The molecule has 0 saturated carbocycles. The summed E-state index contributed by atoms with van der Waals surface area (Å²) < 4.78 is 7.17. The van der Waals surface area contributed by atoms with Crippen molar-refractivity contribution in [1.29, 1.82) is 0 Å². The first-order valence-corrected chi connectivity index (χ1v) is 11.4. The van der Waals surface area contributed by atoms with Crippen LogP contribution < -0.4 is 10.2 Å². The Balaban J connectivity index is 0.00000259. The lowest BCUT2D eigenvalue weighted by atomic mass is 9.86. The Morgan fingerprint density at radius 2 is 1.72 bits per heavy atom. The second-order valence-corrected chi connectivity index (χ2v) is 9.71. The predicted molar refractivity (Wildman–Crippen MR) is 130 cm³/mol. The summed E-state index contributed by atoms with van der Waals surface area (Å²) in [6.07, 6.45) is 1.75. The van der Waals surface area contributed by atoms with Crippen molar-refractivity contribution in [1.82, 2.24) is 19.7 Å². The van der Waals surface area contributed by atoms with E-state index in [0.717, 1.165) is 50.8 Å². The number of hydrogen-bond acceptors (Lipinski definition) is 6. The van der Waals surface area contributed by atoms with E-state index in [1.807, 2.05) is 30.3 Å². The van der Waals surface area contributed by atoms with Crippen molar-refractivity contribution in [3.8, 4) is 5.69 Å². The molecule has 5 rings (SSSR count). The van der Waals surface area contributed by atoms with E-state index in [-0.39, 0.29) is 6.84 Å². The first kappa shape index (κ1) is 21.0. The van der Waals surface area contributed by atoms with E-state index in [2.05, 4.69) is 64.2 Å². The molecule has 0 atom stereocenters. The van der Waals surface area contributed by atoms with Gasteiger partial charge < -0.3 is 15.0 Å². The maximum atomic E-state index is 5.38. The number of para-hydroxylation sites is 1. The number of ether oxygens (including phenoxy) is 1. The average molecular weight is 435 g/mol. The SMILES string of the molecule is CC(C)(C)c1cc(Nc2ncn(-c3ccccc3)n2)cc(N2CCN(C3COC3)CC2)c1.[HH]. The van der Waals surface area contributed by atoms with Crippen LogP contribution in [0.1, 0.15) is 27.8 Å².